The second-order valence-corrected chi connectivity index (χ2v) is 6.48. The van der Waals surface area contributed by atoms with E-state index in [2.05, 4.69) is 0 Å². The van der Waals surface area contributed by atoms with Gasteiger partial charge in [-0.25, -0.2) is 0 Å². The van der Waals surface area contributed by atoms with Crippen molar-refractivity contribution < 1.29 is 15.0 Å². The number of nitro benzene ring substituents is 1. The molecule has 110 valence electrons. The van der Waals surface area contributed by atoms with Gasteiger partial charge in [0.1, 0.15) is 4.21 Å². The van der Waals surface area contributed by atoms with Crippen LogP contribution < -0.4 is 0 Å². The molecule has 2 rings (SSSR count). The molecule has 0 aliphatic heterocycles. The van der Waals surface area contributed by atoms with Gasteiger partial charge in [0.2, 0.25) is 0 Å². The van der Waals surface area contributed by atoms with Crippen molar-refractivity contribution in [2.45, 2.75) is 22.1 Å². The largest absolute Gasteiger partial charge is 0.388 e. The van der Waals surface area contributed by atoms with Gasteiger partial charge in [0, 0.05) is 17.0 Å². The van der Waals surface area contributed by atoms with Crippen LogP contribution in [0.4, 0.5) is 11.4 Å². The molecule has 1 aromatic carbocycles. The van der Waals surface area contributed by atoms with E-state index in [-0.39, 0.29) is 11.4 Å². The number of hydrogen-bond donors (Lipinski definition) is 1. The van der Waals surface area contributed by atoms with Gasteiger partial charge >= 0.3 is 0 Å². The number of benzene rings is 1. The summed E-state index contributed by atoms with van der Waals surface area (Å²) < 4.78 is 0.310. The van der Waals surface area contributed by atoms with E-state index in [4.69, 9.17) is 0 Å². The van der Waals surface area contributed by atoms with Gasteiger partial charge < -0.3 is 5.11 Å². The van der Waals surface area contributed by atoms with Crippen LogP contribution in [0.5, 0.6) is 0 Å². The van der Waals surface area contributed by atoms with Gasteiger partial charge in [0.05, 0.1) is 20.8 Å². The van der Waals surface area contributed by atoms with Crippen LogP contribution in [0.2, 0.25) is 0 Å². The third-order valence-electron chi connectivity index (χ3n) is 2.57. The minimum atomic E-state index is -0.825. The van der Waals surface area contributed by atoms with E-state index in [0.717, 1.165) is 23.1 Å². The fourth-order valence-corrected chi connectivity index (χ4v) is 3.93. The van der Waals surface area contributed by atoms with Gasteiger partial charge in [-0.1, -0.05) is 23.9 Å². The van der Waals surface area contributed by atoms with E-state index in [1.165, 1.54) is 31.2 Å². The number of para-hydroxylation sites is 1. The normalized spacial score (nSPS) is 12.1. The number of hydrogen-bond acceptors (Lipinski definition) is 7. The van der Waals surface area contributed by atoms with E-state index < -0.39 is 16.0 Å². The molecular formula is C12H10N2O5S2. The molecule has 0 saturated carbocycles. The number of aliphatic hydroxyl groups excluding tert-OH is 1. The zero-order chi connectivity index (χ0) is 15.6. The first-order valence-electron chi connectivity index (χ1n) is 5.77. The Bertz CT molecular complexity index is 699. The molecule has 1 atom stereocenters. The molecule has 21 heavy (non-hydrogen) atoms. The van der Waals surface area contributed by atoms with Crippen LogP contribution in [-0.2, 0) is 0 Å². The molecule has 0 aliphatic carbocycles. The van der Waals surface area contributed by atoms with Crippen molar-refractivity contribution in [3.63, 3.8) is 0 Å². The number of nitro groups is 2. The predicted molar refractivity (Wildman–Crippen MR) is 78.8 cm³/mol. The average molecular weight is 326 g/mol. The molecule has 7 nitrogen and oxygen atoms in total. The fourth-order valence-electron chi connectivity index (χ4n) is 1.58. The first-order chi connectivity index (χ1) is 9.90. The van der Waals surface area contributed by atoms with Crippen molar-refractivity contribution in [1.82, 2.24) is 0 Å². The van der Waals surface area contributed by atoms with E-state index in [9.17, 15) is 25.3 Å². The third-order valence-corrected chi connectivity index (χ3v) is 5.12. The topological polar surface area (TPSA) is 107 Å². The Labute approximate surface area is 127 Å². The van der Waals surface area contributed by atoms with Crippen molar-refractivity contribution in [2.75, 3.05) is 0 Å². The molecule has 0 spiro atoms. The molecule has 0 radical (unpaired) electrons. The number of nitrogens with zero attached hydrogens (tertiary/aromatic N) is 2. The van der Waals surface area contributed by atoms with Crippen molar-refractivity contribution >= 4 is 34.5 Å². The lowest BCUT2D eigenvalue weighted by molar-refractivity contribution is -0.388. The monoisotopic (exact) mass is 326 g/mol. The highest BCUT2D eigenvalue weighted by molar-refractivity contribution is 8.01. The summed E-state index contributed by atoms with van der Waals surface area (Å²) in [4.78, 5) is 21.7. The van der Waals surface area contributed by atoms with Crippen molar-refractivity contribution in [3.05, 3.63) is 55.4 Å². The van der Waals surface area contributed by atoms with Crippen LogP contribution in [0.3, 0.4) is 0 Å². The smallest absolute Gasteiger partial charge is 0.294 e. The van der Waals surface area contributed by atoms with Gasteiger partial charge in [-0.2, -0.15) is 0 Å². The molecule has 0 saturated heterocycles. The minimum absolute atomic E-state index is 0.108. The van der Waals surface area contributed by atoms with Gasteiger partial charge in [-0.15, -0.1) is 11.3 Å². The third kappa shape index (κ3) is 3.38. The van der Waals surface area contributed by atoms with Crippen LogP contribution in [0.25, 0.3) is 0 Å². The maximum absolute atomic E-state index is 11.1. The Balaban J connectivity index is 2.44. The molecule has 2 aromatic rings. The quantitative estimate of drug-likeness (QED) is 0.662. The molecule has 0 amide bonds. The first kappa shape index (κ1) is 15.4. The summed E-state index contributed by atoms with van der Waals surface area (Å²) in [6, 6.07) is 7.34. The second kappa shape index (κ2) is 6.20. The lowest BCUT2D eigenvalue weighted by atomic mass is 10.3. The minimum Gasteiger partial charge on any atom is -0.388 e. The van der Waals surface area contributed by atoms with E-state index in [1.54, 1.807) is 6.07 Å². The van der Waals surface area contributed by atoms with E-state index >= 15 is 0 Å². The molecule has 9 heteroatoms. The molecular weight excluding hydrogens is 316 g/mol. The number of rotatable bonds is 5. The summed E-state index contributed by atoms with van der Waals surface area (Å²) in [5.41, 5.74) is -0.261. The Morgan fingerprint density at radius 1 is 1.19 bits per heavy atom. The zero-order valence-electron chi connectivity index (χ0n) is 10.8. The Morgan fingerprint density at radius 2 is 1.81 bits per heavy atom. The molecule has 0 aliphatic rings. The maximum Gasteiger partial charge on any atom is 0.294 e. The summed E-state index contributed by atoms with van der Waals surface area (Å²) in [6.07, 6.45) is -0.825. The highest BCUT2D eigenvalue weighted by Gasteiger charge is 2.24. The van der Waals surface area contributed by atoms with Gasteiger partial charge in [-0.3, -0.25) is 20.2 Å². The summed E-state index contributed by atoms with van der Waals surface area (Å²) >= 11 is 2.02. The van der Waals surface area contributed by atoms with Gasteiger partial charge in [-0.05, 0) is 13.0 Å². The summed E-state index contributed by atoms with van der Waals surface area (Å²) in [5, 5.41) is 31.5. The van der Waals surface area contributed by atoms with Crippen molar-refractivity contribution in [1.29, 1.82) is 0 Å². The average Bonchev–Trinajstić information content (AvgIpc) is 2.83. The van der Waals surface area contributed by atoms with Crippen LogP contribution in [0.1, 0.15) is 17.9 Å². The predicted octanol–water partition coefficient (Wildman–Crippen LogP) is 3.77. The SMILES string of the molecule is C[C@@H](O)c1cc([N+](=O)[O-])c(Sc2ccccc2[N+](=O)[O-])s1. The van der Waals surface area contributed by atoms with Gasteiger partial charge in [0.15, 0.2) is 0 Å². The number of aliphatic hydroxyl groups is 1. The first-order valence-corrected chi connectivity index (χ1v) is 7.41. The highest BCUT2D eigenvalue weighted by Crippen LogP contribution is 2.45. The molecule has 1 aromatic heterocycles. The summed E-state index contributed by atoms with van der Waals surface area (Å²) in [7, 11) is 0. The number of thiophene rings is 1. The van der Waals surface area contributed by atoms with E-state index in [0.29, 0.717) is 14.0 Å². The second-order valence-electron chi connectivity index (χ2n) is 4.08. The van der Waals surface area contributed by atoms with Crippen LogP contribution >= 0.6 is 23.1 Å². The Hall–Kier alpha value is -1.97. The van der Waals surface area contributed by atoms with Gasteiger partial charge in [0.25, 0.3) is 11.4 Å². The van der Waals surface area contributed by atoms with Crippen molar-refractivity contribution in [3.8, 4) is 0 Å². The standard InChI is InChI=1S/C12H10N2O5S2/c1-7(15)11-6-9(14(18)19)12(21-11)20-10-5-3-2-4-8(10)13(16)17/h2-7,15H,1H3/t7-/m1/s1. The maximum atomic E-state index is 11.1. The Kier molecular flexibility index (Phi) is 4.56. The lowest BCUT2D eigenvalue weighted by Crippen LogP contribution is -1.90. The molecule has 1 heterocycles. The molecule has 1 N–H and O–H groups in total. The molecule has 0 bridgehead atoms. The fraction of sp³-hybridized carbons (Fsp3) is 0.167. The van der Waals surface area contributed by atoms with Crippen LogP contribution in [-0.4, -0.2) is 15.0 Å². The molecule has 0 fully saturated rings. The van der Waals surface area contributed by atoms with Crippen LogP contribution in [0, 0.1) is 20.2 Å². The lowest BCUT2D eigenvalue weighted by Gasteiger charge is -2.00. The zero-order valence-corrected chi connectivity index (χ0v) is 12.4. The van der Waals surface area contributed by atoms with Crippen LogP contribution in [0.15, 0.2) is 39.4 Å². The summed E-state index contributed by atoms with van der Waals surface area (Å²) in [6.45, 7) is 1.51. The molecule has 0 unspecified atom stereocenters. The highest BCUT2D eigenvalue weighted by atomic mass is 32.2. The van der Waals surface area contributed by atoms with Crippen molar-refractivity contribution in [2.24, 2.45) is 0 Å². The Morgan fingerprint density at radius 3 is 2.38 bits per heavy atom. The van der Waals surface area contributed by atoms with E-state index in [1.807, 2.05) is 0 Å². The summed E-state index contributed by atoms with van der Waals surface area (Å²) in [5.74, 6) is 0.